The number of furan rings is 1. The molecule has 14 heavy (non-hydrogen) atoms. The van der Waals surface area contributed by atoms with Gasteiger partial charge in [-0.25, -0.2) is 4.79 Å². The minimum Gasteiger partial charge on any atom is -0.475 e. The molecule has 0 radical (unpaired) electrons. The first-order chi connectivity index (χ1) is 6.68. The molecule has 1 N–H and O–H groups in total. The van der Waals surface area contributed by atoms with Crippen molar-refractivity contribution in [3.63, 3.8) is 0 Å². The van der Waals surface area contributed by atoms with Crippen molar-refractivity contribution in [3.8, 4) is 10.6 Å². The van der Waals surface area contributed by atoms with Crippen LogP contribution in [-0.4, -0.2) is 11.1 Å². The largest absolute Gasteiger partial charge is 0.475 e. The lowest BCUT2D eigenvalue weighted by Gasteiger charge is -1.91. The maximum atomic E-state index is 10.5. The van der Waals surface area contributed by atoms with Crippen molar-refractivity contribution in [3.05, 3.63) is 34.4 Å². The first kappa shape index (κ1) is 9.30. The Morgan fingerprint density at radius 2 is 2.21 bits per heavy atom. The number of carbonyl (C=O) groups is 1. The van der Waals surface area contributed by atoms with E-state index in [4.69, 9.17) is 21.1 Å². The summed E-state index contributed by atoms with van der Waals surface area (Å²) in [5, 5.41) is 11.0. The third-order valence-electron chi connectivity index (χ3n) is 1.66. The second-order valence-electron chi connectivity index (χ2n) is 2.57. The number of hydrogen-bond donors (Lipinski definition) is 1. The number of rotatable bonds is 2. The molecule has 0 unspecified atom stereocenters. The molecule has 2 aromatic rings. The molecule has 2 heterocycles. The molecular weight excluding hydrogens is 224 g/mol. The summed E-state index contributed by atoms with van der Waals surface area (Å²) in [5.41, 5.74) is 0. The standard InChI is InChI=1S/C9H5ClO3S/c10-5-3-4-14-8(5)6-1-2-7(13-6)9(11)12/h1-4H,(H,11,12). The van der Waals surface area contributed by atoms with E-state index >= 15 is 0 Å². The zero-order valence-electron chi connectivity index (χ0n) is 6.86. The Morgan fingerprint density at radius 1 is 1.43 bits per heavy atom. The van der Waals surface area contributed by atoms with Gasteiger partial charge in [0.15, 0.2) is 0 Å². The molecular formula is C9H5ClO3S. The Bertz CT molecular complexity index is 472. The highest BCUT2D eigenvalue weighted by atomic mass is 35.5. The molecule has 0 bridgehead atoms. The number of aromatic carboxylic acids is 1. The molecule has 0 aliphatic carbocycles. The second kappa shape index (κ2) is 3.48. The van der Waals surface area contributed by atoms with Crippen molar-refractivity contribution in [1.29, 1.82) is 0 Å². The SMILES string of the molecule is O=C(O)c1ccc(-c2sccc2Cl)o1. The van der Waals surface area contributed by atoms with Crippen molar-refractivity contribution in [2.75, 3.05) is 0 Å². The molecule has 0 spiro atoms. The van der Waals surface area contributed by atoms with Gasteiger partial charge in [0.1, 0.15) is 5.76 Å². The van der Waals surface area contributed by atoms with Crippen LogP contribution in [0.3, 0.4) is 0 Å². The molecule has 0 saturated carbocycles. The zero-order valence-corrected chi connectivity index (χ0v) is 8.43. The van der Waals surface area contributed by atoms with Crippen LogP contribution in [0.25, 0.3) is 10.6 Å². The Labute approximate surface area is 88.5 Å². The normalized spacial score (nSPS) is 10.4. The summed E-state index contributed by atoms with van der Waals surface area (Å²) in [5.74, 6) is -0.671. The molecule has 5 heteroatoms. The number of halogens is 1. The lowest BCUT2D eigenvalue weighted by molar-refractivity contribution is 0.0663. The second-order valence-corrected chi connectivity index (χ2v) is 3.89. The van der Waals surface area contributed by atoms with E-state index in [0.29, 0.717) is 10.8 Å². The molecule has 2 rings (SSSR count). The van der Waals surface area contributed by atoms with Gasteiger partial charge in [-0.1, -0.05) is 11.6 Å². The van der Waals surface area contributed by atoms with Gasteiger partial charge in [0.25, 0.3) is 0 Å². The minimum atomic E-state index is -1.08. The van der Waals surface area contributed by atoms with Gasteiger partial charge in [-0.05, 0) is 23.6 Å². The van der Waals surface area contributed by atoms with Crippen LogP contribution in [0.2, 0.25) is 5.02 Å². The third kappa shape index (κ3) is 1.54. The van der Waals surface area contributed by atoms with E-state index in [1.807, 2.05) is 5.38 Å². The van der Waals surface area contributed by atoms with Gasteiger partial charge in [0.05, 0.1) is 9.90 Å². The van der Waals surface area contributed by atoms with Gasteiger partial charge in [-0.3, -0.25) is 0 Å². The van der Waals surface area contributed by atoms with Gasteiger partial charge >= 0.3 is 5.97 Å². The molecule has 3 nitrogen and oxygen atoms in total. The molecule has 0 aromatic carbocycles. The number of hydrogen-bond acceptors (Lipinski definition) is 3. The highest BCUT2D eigenvalue weighted by Gasteiger charge is 2.13. The van der Waals surface area contributed by atoms with E-state index in [-0.39, 0.29) is 5.76 Å². The molecule has 0 amide bonds. The molecule has 0 aliphatic heterocycles. The van der Waals surface area contributed by atoms with Gasteiger partial charge in [0, 0.05) is 0 Å². The fourth-order valence-electron chi connectivity index (χ4n) is 1.04. The van der Waals surface area contributed by atoms with Gasteiger partial charge < -0.3 is 9.52 Å². The first-order valence-corrected chi connectivity index (χ1v) is 5.01. The predicted octanol–water partition coefficient (Wildman–Crippen LogP) is 3.36. The quantitative estimate of drug-likeness (QED) is 0.858. The molecule has 0 fully saturated rings. The average molecular weight is 229 g/mol. The number of carboxylic acids is 1. The summed E-state index contributed by atoms with van der Waals surface area (Å²) in [4.78, 5) is 11.3. The van der Waals surface area contributed by atoms with Crippen LogP contribution in [0, 0.1) is 0 Å². The summed E-state index contributed by atoms with van der Waals surface area (Å²) in [6.45, 7) is 0. The highest BCUT2D eigenvalue weighted by Crippen LogP contribution is 2.34. The van der Waals surface area contributed by atoms with Crippen molar-refractivity contribution < 1.29 is 14.3 Å². The monoisotopic (exact) mass is 228 g/mol. The number of carboxylic acid groups (broad SMARTS) is 1. The Kier molecular flexibility index (Phi) is 2.31. The van der Waals surface area contributed by atoms with E-state index in [2.05, 4.69) is 0 Å². The van der Waals surface area contributed by atoms with Crippen LogP contribution < -0.4 is 0 Å². The van der Waals surface area contributed by atoms with E-state index in [0.717, 1.165) is 4.88 Å². The molecule has 0 aliphatic rings. The van der Waals surface area contributed by atoms with Crippen LogP contribution >= 0.6 is 22.9 Å². The molecule has 72 valence electrons. The predicted molar refractivity (Wildman–Crippen MR) is 54.0 cm³/mol. The number of thiophene rings is 1. The minimum absolute atomic E-state index is 0.0792. The van der Waals surface area contributed by atoms with Crippen LogP contribution in [0.4, 0.5) is 0 Å². The summed E-state index contributed by atoms with van der Waals surface area (Å²) in [6.07, 6.45) is 0. The van der Waals surface area contributed by atoms with Crippen LogP contribution in [0.1, 0.15) is 10.6 Å². The highest BCUT2D eigenvalue weighted by molar-refractivity contribution is 7.14. The van der Waals surface area contributed by atoms with Gasteiger partial charge in [0.2, 0.25) is 5.76 Å². The van der Waals surface area contributed by atoms with Gasteiger partial charge in [-0.2, -0.15) is 0 Å². The van der Waals surface area contributed by atoms with E-state index in [9.17, 15) is 4.79 Å². The third-order valence-corrected chi connectivity index (χ3v) is 3.01. The summed E-state index contributed by atoms with van der Waals surface area (Å²) in [6, 6.07) is 4.75. The smallest absolute Gasteiger partial charge is 0.371 e. The Morgan fingerprint density at radius 3 is 2.71 bits per heavy atom. The summed E-state index contributed by atoms with van der Waals surface area (Å²) < 4.78 is 5.10. The van der Waals surface area contributed by atoms with E-state index < -0.39 is 5.97 Å². The maximum Gasteiger partial charge on any atom is 0.371 e. The van der Waals surface area contributed by atoms with Crippen molar-refractivity contribution in [2.24, 2.45) is 0 Å². The Balaban J connectivity index is 2.43. The lowest BCUT2D eigenvalue weighted by Crippen LogP contribution is -1.91. The van der Waals surface area contributed by atoms with Crippen LogP contribution in [0.5, 0.6) is 0 Å². The van der Waals surface area contributed by atoms with Crippen LogP contribution in [0.15, 0.2) is 28.0 Å². The van der Waals surface area contributed by atoms with Gasteiger partial charge in [-0.15, -0.1) is 11.3 Å². The van der Waals surface area contributed by atoms with Crippen LogP contribution in [-0.2, 0) is 0 Å². The van der Waals surface area contributed by atoms with Crippen molar-refractivity contribution in [1.82, 2.24) is 0 Å². The summed E-state index contributed by atoms with van der Waals surface area (Å²) in [7, 11) is 0. The zero-order chi connectivity index (χ0) is 10.1. The fourth-order valence-corrected chi connectivity index (χ4v) is 2.16. The van der Waals surface area contributed by atoms with Crippen molar-refractivity contribution in [2.45, 2.75) is 0 Å². The fraction of sp³-hybridized carbons (Fsp3) is 0. The Hall–Kier alpha value is -1.26. The first-order valence-electron chi connectivity index (χ1n) is 3.75. The molecule has 0 saturated heterocycles. The lowest BCUT2D eigenvalue weighted by atomic mass is 10.3. The average Bonchev–Trinajstić information content (AvgIpc) is 2.71. The van der Waals surface area contributed by atoms with E-state index in [1.54, 1.807) is 12.1 Å². The summed E-state index contributed by atoms with van der Waals surface area (Å²) >= 11 is 7.28. The van der Waals surface area contributed by atoms with Crippen molar-refractivity contribution >= 4 is 28.9 Å². The molecule has 2 aromatic heterocycles. The topological polar surface area (TPSA) is 50.4 Å². The van der Waals surface area contributed by atoms with E-state index in [1.165, 1.54) is 17.4 Å². The molecule has 0 atom stereocenters. The maximum absolute atomic E-state index is 10.5.